The first-order valence-corrected chi connectivity index (χ1v) is 8.26. The molecule has 1 amide bonds. The Kier molecular flexibility index (Phi) is 5.23. The van der Waals surface area contributed by atoms with Gasteiger partial charge in [0.25, 0.3) is 5.91 Å². The maximum Gasteiger partial charge on any atom is 0.328 e. The van der Waals surface area contributed by atoms with E-state index in [2.05, 4.69) is 10.3 Å². The SMILES string of the molecule is COC(=O)C(Cc1c[nH]c2ccccc12)NC(=O)c1ccc(F)cc1Cl. The highest BCUT2D eigenvalue weighted by Crippen LogP contribution is 2.21. The van der Waals surface area contributed by atoms with Crippen molar-refractivity contribution in [1.29, 1.82) is 0 Å². The highest BCUT2D eigenvalue weighted by Gasteiger charge is 2.24. The van der Waals surface area contributed by atoms with Gasteiger partial charge in [-0.05, 0) is 29.8 Å². The molecule has 0 aliphatic rings. The minimum Gasteiger partial charge on any atom is -0.467 e. The third-order valence-electron chi connectivity index (χ3n) is 4.07. The molecule has 3 rings (SSSR count). The number of nitrogens with one attached hydrogen (secondary N) is 2. The lowest BCUT2D eigenvalue weighted by molar-refractivity contribution is -0.142. The van der Waals surface area contributed by atoms with Crippen molar-refractivity contribution < 1.29 is 18.7 Å². The lowest BCUT2D eigenvalue weighted by Crippen LogP contribution is -2.43. The molecule has 5 nitrogen and oxygen atoms in total. The van der Waals surface area contributed by atoms with Crippen LogP contribution in [-0.2, 0) is 16.0 Å². The first-order valence-electron chi connectivity index (χ1n) is 7.88. The summed E-state index contributed by atoms with van der Waals surface area (Å²) in [6.07, 6.45) is 2.03. The minimum atomic E-state index is -0.909. The van der Waals surface area contributed by atoms with Crippen LogP contribution in [-0.4, -0.2) is 30.0 Å². The quantitative estimate of drug-likeness (QED) is 0.672. The zero-order valence-corrected chi connectivity index (χ0v) is 14.6. The van der Waals surface area contributed by atoms with E-state index in [9.17, 15) is 14.0 Å². The van der Waals surface area contributed by atoms with Crippen LogP contribution in [0, 0.1) is 5.82 Å². The molecule has 0 aliphatic heterocycles. The summed E-state index contributed by atoms with van der Waals surface area (Å²) < 4.78 is 18.0. The van der Waals surface area contributed by atoms with Crippen molar-refractivity contribution in [2.75, 3.05) is 7.11 Å². The average Bonchev–Trinajstić information content (AvgIpc) is 3.03. The maximum absolute atomic E-state index is 13.2. The van der Waals surface area contributed by atoms with Crippen molar-refractivity contribution >= 4 is 34.4 Å². The molecular weight excluding hydrogens is 359 g/mol. The molecule has 0 aliphatic carbocycles. The van der Waals surface area contributed by atoms with Crippen LogP contribution in [0.25, 0.3) is 10.9 Å². The van der Waals surface area contributed by atoms with E-state index in [-0.39, 0.29) is 17.0 Å². The number of aromatic nitrogens is 1. The van der Waals surface area contributed by atoms with E-state index >= 15 is 0 Å². The number of benzene rings is 2. The molecule has 0 fully saturated rings. The van der Waals surface area contributed by atoms with Gasteiger partial charge in [-0.25, -0.2) is 9.18 Å². The molecule has 0 saturated heterocycles. The second-order valence-corrected chi connectivity index (χ2v) is 6.14. The molecule has 134 valence electrons. The Bertz CT molecular complexity index is 970. The molecule has 1 unspecified atom stereocenters. The van der Waals surface area contributed by atoms with E-state index in [1.54, 1.807) is 6.20 Å². The highest BCUT2D eigenvalue weighted by molar-refractivity contribution is 6.33. The molecule has 3 aromatic rings. The first-order chi connectivity index (χ1) is 12.5. The van der Waals surface area contributed by atoms with Crippen LogP contribution in [0.1, 0.15) is 15.9 Å². The van der Waals surface area contributed by atoms with E-state index in [1.165, 1.54) is 13.2 Å². The summed E-state index contributed by atoms with van der Waals surface area (Å²) in [6, 6.07) is 10.2. The number of halogens is 2. The van der Waals surface area contributed by atoms with Crippen molar-refractivity contribution in [2.45, 2.75) is 12.5 Å². The fraction of sp³-hybridized carbons (Fsp3) is 0.158. The Balaban J connectivity index is 1.84. The summed E-state index contributed by atoms with van der Waals surface area (Å²) in [5.74, 6) is -1.71. The molecule has 1 atom stereocenters. The predicted octanol–water partition coefficient (Wildman–Crippen LogP) is 3.47. The van der Waals surface area contributed by atoms with Crippen LogP contribution < -0.4 is 5.32 Å². The van der Waals surface area contributed by atoms with Gasteiger partial charge in [0, 0.05) is 23.5 Å². The van der Waals surface area contributed by atoms with Gasteiger partial charge < -0.3 is 15.0 Å². The van der Waals surface area contributed by atoms with Gasteiger partial charge in [0.1, 0.15) is 11.9 Å². The summed E-state index contributed by atoms with van der Waals surface area (Å²) in [7, 11) is 1.25. The van der Waals surface area contributed by atoms with E-state index < -0.39 is 23.7 Å². The smallest absolute Gasteiger partial charge is 0.328 e. The molecule has 1 aromatic heterocycles. The number of hydrogen-bond donors (Lipinski definition) is 2. The van der Waals surface area contributed by atoms with E-state index in [1.807, 2.05) is 24.3 Å². The third-order valence-corrected chi connectivity index (χ3v) is 4.38. The Morgan fingerprint density at radius 2 is 2.04 bits per heavy atom. The van der Waals surface area contributed by atoms with Crippen molar-refractivity contribution in [3.8, 4) is 0 Å². The Hall–Kier alpha value is -2.86. The number of ether oxygens (including phenoxy) is 1. The normalized spacial score (nSPS) is 12.0. The summed E-state index contributed by atoms with van der Waals surface area (Å²) in [4.78, 5) is 27.7. The average molecular weight is 375 g/mol. The molecule has 0 saturated carbocycles. The standard InChI is InChI=1S/C19H16ClFN2O3/c1-26-19(25)17(8-11-10-22-16-5-3-2-4-13(11)16)23-18(24)14-7-6-12(21)9-15(14)20/h2-7,9-10,17,22H,8H2,1H3,(H,23,24). The lowest BCUT2D eigenvalue weighted by Gasteiger charge is -2.17. The number of para-hydroxylation sites is 1. The van der Waals surface area contributed by atoms with Crippen molar-refractivity contribution in [2.24, 2.45) is 0 Å². The predicted molar refractivity (Wildman–Crippen MR) is 96.7 cm³/mol. The molecule has 0 bridgehead atoms. The molecular formula is C19H16ClFN2O3. The summed E-state index contributed by atoms with van der Waals surface area (Å²) in [5, 5.41) is 3.54. The van der Waals surface area contributed by atoms with Gasteiger partial charge in [-0.3, -0.25) is 4.79 Å². The number of fused-ring (bicyclic) bond motifs is 1. The second kappa shape index (κ2) is 7.58. The van der Waals surface area contributed by atoms with Gasteiger partial charge in [-0.2, -0.15) is 0 Å². The number of aromatic amines is 1. The van der Waals surface area contributed by atoms with Crippen LogP contribution in [0.15, 0.2) is 48.7 Å². The first kappa shape index (κ1) is 17.9. The number of carbonyl (C=O) groups excluding carboxylic acids is 2. The number of rotatable bonds is 5. The minimum absolute atomic E-state index is 0.0294. The van der Waals surface area contributed by atoms with Crippen LogP contribution in [0.3, 0.4) is 0 Å². The largest absolute Gasteiger partial charge is 0.467 e. The Morgan fingerprint density at radius 1 is 1.27 bits per heavy atom. The van der Waals surface area contributed by atoms with Crippen LogP contribution in [0.4, 0.5) is 4.39 Å². The zero-order valence-electron chi connectivity index (χ0n) is 13.9. The highest BCUT2D eigenvalue weighted by atomic mass is 35.5. The van der Waals surface area contributed by atoms with Crippen LogP contribution in [0.5, 0.6) is 0 Å². The van der Waals surface area contributed by atoms with Gasteiger partial charge in [-0.15, -0.1) is 0 Å². The van der Waals surface area contributed by atoms with Gasteiger partial charge in [-0.1, -0.05) is 29.8 Å². The van der Waals surface area contributed by atoms with Crippen LogP contribution in [0.2, 0.25) is 5.02 Å². The zero-order chi connectivity index (χ0) is 18.7. The van der Waals surface area contributed by atoms with Gasteiger partial charge >= 0.3 is 5.97 Å². The number of hydrogen-bond acceptors (Lipinski definition) is 3. The summed E-state index contributed by atoms with van der Waals surface area (Å²) >= 11 is 5.92. The lowest BCUT2D eigenvalue weighted by atomic mass is 10.0. The molecule has 2 aromatic carbocycles. The molecule has 2 N–H and O–H groups in total. The van der Waals surface area contributed by atoms with E-state index in [4.69, 9.17) is 16.3 Å². The van der Waals surface area contributed by atoms with Crippen molar-refractivity contribution in [3.05, 3.63) is 70.6 Å². The number of carbonyl (C=O) groups is 2. The molecule has 0 spiro atoms. The van der Waals surface area contributed by atoms with E-state index in [0.29, 0.717) is 0 Å². The molecule has 7 heteroatoms. The Morgan fingerprint density at radius 3 is 2.77 bits per heavy atom. The fourth-order valence-electron chi connectivity index (χ4n) is 2.77. The molecule has 1 heterocycles. The summed E-state index contributed by atoms with van der Waals surface area (Å²) in [6.45, 7) is 0. The maximum atomic E-state index is 13.2. The number of methoxy groups -OCH3 is 1. The van der Waals surface area contributed by atoms with Crippen molar-refractivity contribution in [1.82, 2.24) is 10.3 Å². The summed E-state index contributed by atoms with van der Waals surface area (Å²) in [5.41, 5.74) is 1.88. The van der Waals surface area contributed by atoms with E-state index in [0.717, 1.165) is 28.6 Å². The molecule has 26 heavy (non-hydrogen) atoms. The van der Waals surface area contributed by atoms with Gasteiger partial charge in [0.2, 0.25) is 0 Å². The topological polar surface area (TPSA) is 71.2 Å². The number of H-pyrrole nitrogens is 1. The number of amides is 1. The van der Waals surface area contributed by atoms with Gasteiger partial charge in [0.05, 0.1) is 17.7 Å². The van der Waals surface area contributed by atoms with Gasteiger partial charge in [0.15, 0.2) is 0 Å². The monoisotopic (exact) mass is 374 g/mol. The van der Waals surface area contributed by atoms with Crippen molar-refractivity contribution in [3.63, 3.8) is 0 Å². The third kappa shape index (κ3) is 3.70. The molecule has 0 radical (unpaired) electrons. The fourth-order valence-corrected chi connectivity index (χ4v) is 3.02. The number of esters is 1. The Labute approximate surface area is 154 Å². The second-order valence-electron chi connectivity index (χ2n) is 5.74. The van der Waals surface area contributed by atoms with Crippen LogP contribution >= 0.6 is 11.6 Å².